The van der Waals surface area contributed by atoms with Gasteiger partial charge in [0.25, 0.3) is 0 Å². The van der Waals surface area contributed by atoms with Gasteiger partial charge in [-0.3, -0.25) is 0 Å². The third-order valence-corrected chi connectivity index (χ3v) is 0.593. The molecular weight excluding hydrogens is 114 g/mol. The largest absolute Gasteiger partial charge is 0.382 e. The first-order chi connectivity index (χ1) is 4.39. The summed E-state index contributed by atoms with van der Waals surface area (Å²) in [5.74, 6) is 0.461. The molecule has 1 aromatic rings. The van der Waals surface area contributed by atoms with Crippen LogP contribution in [0.5, 0.6) is 0 Å². The molecule has 0 radical (unpaired) electrons. The van der Waals surface area contributed by atoms with E-state index in [0.717, 1.165) is 0 Å². The van der Waals surface area contributed by atoms with E-state index in [9.17, 15) is 0 Å². The number of rotatable bonds is 0. The summed E-state index contributed by atoms with van der Waals surface area (Å²) in [6.45, 7) is 4.00. The van der Waals surface area contributed by atoms with Crippen molar-refractivity contribution in [2.75, 3.05) is 5.73 Å². The molecule has 2 N–H and O–H groups in total. The number of nitrogens with zero attached hydrogens (tertiary/aromatic N) is 2. The van der Waals surface area contributed by atoms with E-state index < -0.39 is 0 Å². The van der Waals surface area contributed by atoms with Crippen molar-refractivity contribution in [3.63, 3.8) is 0 Å². The monoisotopic (exact) mass is 125 g/mol. The van der Waals surface area contributed by atoms with E-state index in [1.54, 1.807) is 18.3 Å². The third-order valence-electron chi connectivity index (χ3n) is 0.593. The second kappa shape index (κ2) is 5.03. The van der Waals surface area contributed by atoms with Crippen molar-refractivity contribution in [3.05, 3.63) is 18.3 Å². The van der Waals surface area contributed by atoms with Crippen LogP contribution >= 0.6 is 0 Å². The second-order valence-electron chi connectivity index (χ2n) is 1.15. The lowest BCUT2D eigenvalue weighted by atomic mass is 10.6. The van der Waals surface area contributed by atoms with E-state index in [0.29, 0.717) is 5.82 Å². The van der Waals surface area contributed by atoms with Crippen LogP contribution in [0.3, 0.4) is 0 Å². The maximum absolute atomic E-state index is 5.18. The van der Waals surface area contributed by atoms with Crippen LogP contribution in [0.15, 0.2) is 18.3 Å². The molecule has 0 aromatic carbocycles. The summed E-state index contributed by atoms with van der Waals surface area (Å²) in [6, 6.07) is 3.43. The lowest BCUT2D eigenvalue weighted by Crippen LogP contribution is -1.88. The van der Waals surface area contributed by atoms with Crippen molar-refractivity contribution in [2.24, 2.45) is 0 Å². The SMILES string of the molecule is CC.Nc1cccnn1. The van der Waals surface area contributed by atoms with Gasteiger partial charge in [0.15, 0.2) is 0 Å². The van der Waals surface area contributed by atoms with Gasteiger partial charge in [-0.2, -0.15) is 5.10 Å². The average Bonchev–Trinajstić information content (AvgIpc) is 1.94. The molecule has 0 saturated heterocycles. The average molecular weight is 125 g/mol. The summed E-state index contributed by atoms with van der Waals surface area (Å²) in [6.07, 6.45) is 1.58. The Morgan fingerprint density at radius 1 is 1.44 bits per heavy atom. The van der Waals surface area contributed by atoms with E-state index in [4.69, 9.17) is 5.73 Å². The summed E-state index contributed by atoms with van der Waals surface area (Å²) < 4.78 is 0. The second-order valence-corrected chi connectivity index (χ2v) is 1.15. The summed E-state index contributed by atoms with van der Waals surface area (Å²) in [5.41, 5.74) is 5.18. The van der Waals surface area contributed by atoms with E-state index in [-0.39, 0.29) is 0 Å². The Hall–Kier alpha value is -1.12. The summed E-state index contributed by atoms with van der Waals surface area (Å²) in [7, 11) is 0. The molecule has 0 saturated carbocycles. The topological polar surface area (TPSA) is 51.8 Å². The first kappa shape index (κ1) is 7.88. The van der Waals surface area contributed by atoms with Crippen LogP contribution in [0, 0.1) is 0 Å². The molecule has 0 aliphatic heterocycles. The molecule has 50 valence electrons. The highest BCUT2D eigenvalue weighted by Crippen LogP contribution is 1.86. The standard InChI is InChI=1S/C4H5N3.C2H6/c5-4-2-1-3-6-7-4;1-2/h1-3H,(H2,5,7);1-2H3. The highest BCUT2D eigenvalue weighted by molar-refractivity contribution is 5.22. The maximum atomic E-state index is 5.18. The fourth-order valence-electron chi connectivity index (χ4n) is 0.313. The molecule has 9 heavy (non-hydrogen) atoms. The van der Waals surface area contributed by atoms with Crippen LogP contribution in [0.4, 0.5) is 5.82 Å². The number of hydrogen-bond acceptors (Lipinski definition) is 3. The summed E-state index contributed by atoms with van der Waals surface area (Å²) >= 11 is 0. The normalized spacial score (nSPS) is 7.33. The third kappa shape index (κ3) is 3.46. The molecule has 0 fully saturated rings. The summed E-state index contributed by atoms with van der Waals surface area (Å²) in [5, 5.41) is 7.02. The van der Waals surface area contributed by atoms with Gasteiger partial charge in [0.05, 0.1) is 0 Å². The van der Waals surface area contributed by atoms with Crippen LogP contribution in [0.25, 0.3) is 0 Å². The van der Waals surface area contributed by atoms with Crippen molar-refractivity contribution in [3.8, 4) is 0 Å². The van der Waals surface area contributed by atoms with Gasteiger partial charge in [0.1, 0.15) is 5.82 Å². The molecule has 0 amide bonds. The van der Waals surface area contributed by atoms with Crippen molar-refractivity contribution in [1.82, 2.24) is 10.2 Å². The molecule has 3 nitrogen and oxygen atoms in total. The maximum Gasteiger partial charge on any atom is 0.146 e. The fourth-order valence-corrected chi connectivity index (χ4v) is 0.313. The smallest absolute Gasteiger partial charge is 0.146 e. The quantitative estimate of drug-likeness (QED) is 0.564. The van der Waals surface area contributed by atoms with Crippen molar-refractivity contribution < 1.29 is 0 Å². The van der Waals surface area contributed by atoms with E-state index in [2.05, 4.69) is 10.2 Å². The van der Waals surface area contributed by atoms with Gasteiger partial charge in [-0.1, -0.05) is 13.8 Å². The predicted octanol–water partition coefficient (Wildman–Crippen LogP) is 1.08. The first-order valence-corrected chi connectivity index (χ1v) is 2.93. The van der Waals surface area contributed by atoms with Gasteiger partial charge >= 0.3 is 0 Å². The minimum atomic E-state index is 0.461. The highest BCUT2D eigenvalue weighted by atomic mass is 15.1. The van der Waals surface area contributed by atoms with Gasteiger partial charge in [-0.15, -0.1) is 5.10 Å². The Morgan fingerprint density at radius 3 is 2.33 bits per heavy atom. The Kier molecular flexibility index (Phi) is 4.40. The van der Waals surface area contributed by atoms with Crippen LogP contribution in [0.1, 0.15) is 13.8 Å². The molecule has 0 aliphatic rings. The van der Waals surface area contributed by atoms with Crippen LogP contribution in [-0.2, 0) is 0 Å². The van der Waals surface area contributed by atoms with Gasteiger partial charge < -0.3 is 5.73 Å². The molecule has 1 heterocycles. The van der Waals surface area contributed by atoms with Gasteiger partial charge in [-0.05, 0) is 12.1 Å². The highest BCUT2D eigenvalue weighted by Gasteiger charge is 1.75. The zero-order valence-corrected chi connectivity index (χ0v) is 5.70. The molecule has 1 rings (SSSR count). The van der Waals surface area contributed by atoms with Crippen molar-refractivity contribution in [1.29, 1.82) is 0 Å². The molecule has 0 bridgehead atoms. The van der Waals surface area contributed by atoms with Crippen LogP contribution in [-0.4, -0.2) is 10.2 Å². The summed E-state index contributed by atoms with van der Waals surface area (Å²) in [4.78, 5) is 0. The fraction of sp³-hybridized carbons (Fsp3) is 0.333. The minimum Gasteiger partial charge on any atom is -0.382 e. The molecule has 0 aliphatic carbocycles. The number of anilines is 1. The number of nitrogen functional groups attached to an aromatic ring is 1. The zero-order valence-electron chi connectivity index (χ0n) is 5.70. The number of aromatic nitrogens is 2. The minimum absolute atomic E-state index is 0.461. The van der Waals surface area contributed by atoms with Gasteiger partial charge in [-0.25, -0.2) is 0 Å². The number of nitrogens with two attached hydrogens (primary N) is 1. The Bertz CT molecular complexity index is 138. The molecule has 0 unspecified atom stereocenters. The first-order valence-electron chi connectivity index (χ1n) is 2.93. The number of hydrogen-bond donors (Lipinski definition) is 1. The predicted molar refractivity (Wildman–Crippen MR) is 37.8 cm³/mol. The van der Waals surface area contributed by atoms with Crippen molar-refractivity contribution in [2.45, 2.75) is 13.8 Å². The lowest BCUT2D eigenvalue weighted by Gasteiger charge is -1.81. The Labute approximate surface area is 54.9 Å². The molecule has 0 spiro atoms. The van der Waals surface area contributed by atoms with Gasteiger partial charge in [0.2, 0.25) is 0 Å². The van der Waals surface area contributed by atoms with E-state index >= 15 is 0 Å². The van der Waals surface area contributed by atoms with Gasteiger partial charge in [0, 0.05) is 6.20 Å². The molecule has 1 aromatic heterocycles. The zero-order chi connectivity index (χ0) is 7.11. The van der Waals surface area contributed by atoms with E-state index in [1.807, 2.05) is 13.8 Å². The Balaban J connectivity index is 0.000000291. The van der Waals surface area contributed by atoms with Crippen molar-refractivity contribution >= 4 is 5.82 Å². The Morgan fingerprint density at radius 2 is 2.11 bits per heavy atom. The molecule has 0 atom stereocenters. The lowest BCUT2D eigenvalue weighted by molar-refractivity contribution is 1.04. The van der Waals surface area contributed by atoms with E-state index in [1.165, 1.54) is 0 Å². The molecule has 3 heteroatoms. The van der Waals surface area contributed by atoms with Crippen LogP contribution < -0.4 is 5.73 Å². The van der Waals surface area contributed by atoms with Crippen LogP contribution in [0.2, 0.25) is 0 Å². The molecular formula is C6H11N3.